The molecule has 0 spiro atoms. The Morgan fingerprint density at radius 3 is 2.81 bits per heavy atom. The highest BCUT2D eigenvalue weighted by Gasteiger charge is 2.35. The SMILES string of the molecule is CC1(C)CC(NC(=O)N2CCC(c3ncn[nH]3)CC2)c2ccccc2O1. The number of aromatic nitrogens is 3. The molecule has 0 saturated carbocycles. The number of hydrogen-bond acceptors (Lipinski definition) is 4. The third kappa shape index (κ3) is 3.38. The van der Waals surface area contributed by atoms with Gasteiger partial charge < -0.3 is 15.0 Å². The second-order valence-corrected chi connectivity index (χ2v) is 7.74. The number of nitrogens with one attached hydrogen (secondary N) is 2. The van der Waals surface area contributed by atoms with Gasteiger partial charge in [0.05, 0.1) is 6.04 Å². The summed E-state index contributed by atoms with van der Waals surface area (Å²) < 4.78 is 6.05. The van der Waals surface area contributed by atoms with E-state index in [9.17, 15) is 4.79 Å². The molecule has 0 aliphatic carbocycles. The number of amides is 2. The van der Waals surface area contributed by atoms with Crippen molar-refractivity contribution in [1.82, 2.24) is 25.4 Å². The fourth-order valence-corrected chi connectivity index (χ4v) is 3.94. The number of likely N-dealkylation sites (tertiary alicyclic amines) is 1. The minimum Gasteiger partial charge on any atom is -0.487 e. The number of carbonyl (C=O) groups excluding carboxylic acids is 1. The van der Waals surface area contributed by atoms with E-state index in [0.29, 0.717) is 5.92 Å². The number of carbonyl (C=O) groups is 1. The molecule has 2 N–H and O–H groups in total. The van der Waals surface area contributed by atoms with Crippen molar-refractivity contribution in [1.29, 1.82) is 0 Å². The molecule has 138 valence electrons. The van der Waals surface area contributed by atoms with Crippen molar-refractivity contribution in [2.24, 2.45) is 0 Å². The minimum atomic E-state index is -0.300. The molecule has 2 amide bonds. The molecule has 1 unspecified atom stereocenters. The van der Waals surface area contributed by atoms with Crippen LogP contribution in [0, 0.1) is 0 Å². The van der Waals surface area contributed by atoms with Gasteiger partial charge in [-0.2, -0.15) is 5.10 Å². The van der Waals surface area contributed by atoms with Crippen molar-refractivity contribution in [3.8, 4) is 5.75 Å². The van der Waals surface area contributed by atoms with E-state index < -0.39 is 0 Å². The molecule has 2 aliphatic rings. The molecule has 7 heteroatoms. The van der Waals surface area contributed by atoms with Gasteiger partial charge in [0.2, 0.25) is 0 Å². The predicted octanol–water partition coefficient (Wildman–Crippen LogP) is 3.00. The van der Waals surface area contributed by atoms with Crippen molar-refractivity contribution in [2.45, 2.75) is 50.7 Å². The fourth-order valence-electron chi connectivity index (χ4n) is 3.94. The summed E-state index contributed by atoms with van der Waals surface area (Å²) in [7, 11) is 0. The van der Waals surface area contributed by atoms with Crippen LogP contribution in [0.3, 0.4) is 0 Å². The summed E-state index contributed by atoms with van der Waals surface area (Å²) in [4.78, 5) is 19.0. The van der Waals surface area contributed by atoms with Crippen molar-refractivity contribution >= 4 is 6.03 Å². The van der Waals surface area contributed by atoms with Gasteiger partial charge in [-0.25, -0.2) is 9.78 Å². The van der Waals surface area contributed by atoms with Crippen LogP contribution in [0.15, 0.2) is 30.6 Å². The van der Waals surface area contributed by atoms with Crippen LogP contribution < -0.4 is 10.1 Å². The maximum absolute atomic E-state index is 12.8. The number of fused-ring (bicyclic) bond motifs is 1. The van der Waals surface area contributed by atoms with E-state index in [2.05, 4.69) is 34.3 Å². The number of rotatable bonds is 2. The van der Waals surface area contributed by atoms with Crippen LogP contribution in [0.1, 0.15) is 56.5 Å². The Kier molecular flexibility index (Phi) is 4.30. The van der Waals surface area contributed by atoms with Crippen LogP contribution in [0.4, 0.5) is 4.79 Å². The maximum atomic E-state index is 12.8. The third-order valence-corrected chi connectivity index (χ3v) is 5.28. The molecule has 2 aliphatic heterocycles. The highest BCUT2D eigenvalue weighted by atomic mass is 16.5. The lowest BCUT2D eigenvalue weighted by molar-refractivity contribution is 0.0661. The third-order valence-electron chi connectivity index (χ3n) is 5.28. The van der Waals surface area contributed by atoms with Gasteiger partial charge in [-0.1, -0.05) is 18.2 Å². The van der Waals surface area contributed by atoms with E-state index in [-0.39, 0.29) is 17.7 Å². The predicted molar refractivity (Wildman–Crippen MR) is 97.0 cm³/mol. The van der Waals surface area contributed by atoms with Gasteiger partial charge >= 0.3 is 6.03 Å². The number of para-hydroxylation sites is 1. The van der Waals surface area contributed by atoms with Gasteiger partial charge in [-0.3, -0.25) is 5.10 Å². The van der Waals surface area contributed by atoms with Crippen LogP contribution in [0.2, 0.25) is 0 Å². The first-order chi connectivity index (χ1) is 12.5. The monoisotopic (exact) mass is 355 g/mol. The number of nitrogens with zero attached hydrogens (tertiary/aromatic N) is 3. The quantitative estimate of drug-likeness (QED) is 0.867. The minimum absolute atomic E-state index is 0.00137. The van der Waals surface area contributed by atoms with Crippen molar-refractivity contribution in [2.75, 3.05) is 13.1 Å². The summed E-state index contributed by atoms with van der Waals surface area (Å²) in [6.07, 6.45) is 4.10. The molecule has 1 saturated heterocycles. The molecule has 1 aromatic heterocycles. The second kappa shape index (κ2) is 6.63. The van der Waals surface area contributed by atoms with Gasteiger partial charge in [-0.15, -0.1) is 0 Å². The van der Waals surface area contributed by atoms with E-state index in [1.165, 1.54) is 0 Å². The smallest absolute Gasteiger partial charge is 0.317 e. The Labute approximate surface area is 153 Å². The summed E-state index contributed by atoms with van der Waals surface area (Å²) in [5.74, 6) is 2.13. The van der Waals surface area contributed by atoms with Gasteiger partial charge in [0.25, 0.3) is 0 Å². The van der Waals surface area contributed by atoms with E-state index >= 15 is 0 Å². The highest BCUT2D eigenvalue weighted by molar-refractivity contribution is 5.75. The first-order valence-electron chi connectivity index (χ1n) is 9.20. The van der Waals surface area contributed by atoms with Crippen LogP contribution in [-0.2, 0) is 0 Å². The van der Waals surface area contributed by atoms with Crippen molar-refractivity contribution in [3.63, 3.8) is 0 Å². The van der Waals surface area contributed by atoms with Crippen LogP contribution in [-0.4, -0.2) is 44.8 Å². The molecular weight excluding hydrogens is 330 g/mol. The normalized spacial score (nSPS) is 22.4. The Morgan fingerprint density at radius 1 is 1.31 bits per heavy atom. The molecule has 0 radical (unpaired) electrons. The number of benzene rings is 1. The zero-order chi connectivity index (χ0) is 18.1. The lowest BCUT2D eigenvalue weighted by Gasteiger charge is -2.39. The van der Waals surface area contributed by atoms with Gasteiger partial charge in [0.15, 0.2) is 0 Å². The summed E-state index contributed by atoms with van der Waals surface area (Å²) >= 11 is 0. The summed E-state index contributed by atoms with van der Waals surface area (Å²) in [5.41, 5.74) is 0.753. The second-order valence-electron chi connectivity index (χ2n) is 7.74. The molecule has 2 aromatic rings. The Morgan fingerprint density at radius 2 is 2.08 bits per heavy atom. The topological polar surface area (TPSA) is 83.1 Å². The molecule has 4 rings (SSSR count). The van der Waals surface area contributed by atoms with Crippen LogP contribution >= 0.6 is 0 Å². The molecule has 7 nitrogen and oxygen atoms in total. The number of H-pyrrole nitrogens is 1. The average molecular weight is 355 g/mol. The van der Waals surface area contributed by atoms with Crippen molar-refractivity contribution < 1.29 is 9.53 Å². The van der Waals surface area contributed by atoms with Crippen LogP contribution in [0.5, 0.6) is 5.75 Å². The van der Waals surface area contributed by atoms with E-state index in [1.54, 1.807) is 6.33 Å². The number of hydrogen-bond donors (Lipinski definition) is 2. The summed E-state index contributed by atoms with van der Waals surface area (Å²) in [6.45, 7) is 5.58. The molecule has 1 aromatic carbocycles. The molecular formula is C19H25N5O2. The Balaban J connectivity index is 1.41. The number of ether oxygens (including phenoxy) is 1. The molecule has 0 bridgehead atoms. The average Bonchev–Trinajstić information content (AvgIpc) is 3.15. The number of piperidine rings is 1. The molecule has 26 heavy (non-hydrogen) atoms. The number of aromatic amines is 1. The van der Waals surface area contributed by atoms with Gasteiger partial charge in [0.1, 0.15) is 23.5 Å². The van der Waals surface area contributed by atoms with Gasteiger partial charge in [-0.05, 0) is 32.8 Å². The van der Waals surface area contributed by atoms with Crippen LogP contribution in [0.25, 0.3) is 0 Å². The Bertz CT molecular complexity index is 766. The lowest BCUT2D eigenvalue weighted by Crippen LogP contribution is -2.48. The highest BCUT2D eigenvalue weighted by Crippen LogP contribution is 2.39. The standard InChI is InChI=1S/C19H25N5O2/c1-19(2)11-15(14-5-3-4-6-16(14)26-19)22-18(25)24-9-7-13(8-10-24)17-20-12-21-23-17/h3-6,12-13,15H,7-11H2,1-2H3,(H,22,25)(H,20,21,23). The largest absolute Gasteiger partial charge is 0.487 e. The first kappa shape index (κ1) is 16.9. The summed E-state index contributed by atoms with van der Waals surface area (Å²) in [5, 5.41) is 10.1. The van der Waals surface area contributed by atoms with Crippen molar-refractivity contribution in [3.05, 3.63) is 42.0 Å². The van der Waals surface area contributed by atoms with Gasteiger partial charge in [0, 0.05) is 31.0 Å². The molecule has 1 fully saturated rings. The fraction of sp³-hybridized carbons (Fsp3) is 0.526. The zero-order valence-corrected chi connectivity index (χ0v) is 15.2. The van der Waals surface area contributed by atoms with E-state index in [4.69, 9.17) is 4.74 Å². The molecule has 3 heterocycles. The Hall–Kier alpha value is -2.57. The molecule has 1 atom stereocenters. The number of urea groups is 1. The van der Waals surface area contributed by atoms with E-state index in [0.717, 1.165) is 49.5 Å². The lowest BCUT2D eigenvalue weighted by atomic mass is 9.89. The van der Waals surface area contributed by atoms with E-state index in [1.807, 2.05) is 29.2 Å². The first-order valence-corrected chi connectivity index (χ1v) is 9.20. The maximum Gasteiger partial charge on any atom is 0.317 e. The summed E-state index contributed by atoms with van der Waals surface area (Å²) in [6, 6.07) is 7.92. The zero-order valence-electron chi connectivity index (χ0n) is 15.2.